The van der Waals surface area contributed by atoms with Crippen LogP contribution in [0.1, 0.15) is 37.5 Å². The van der Waals surface area contributed by atoms with Crippen molar-refractivity contribution in [2.75, 3.05) is 5.33 Å². The molecule has 0 atom stereocenters. The Bertz CT molecular complexity index is 308. The van der Waals surface area contributed by atoms with Crippen LogP contribution in [-0.4, -0.2) is 5.33 Å². The molecule has 0 aliphatic heterocycles. The first kappa shape index (κ1) is 11.8. The van der Waals surface area contributed by atoms with Crippen molar-refractivity contribution in [1.82, 2.24) is 0 Å². The number of hydrogen-bond donors (Lipinski definition) is 0. The highest BCUT2D eigenvalue weighted by Crippen LogP contribution is 2.24. The monoisotopic (exact) mass is 254 g/mol. The van der Waals surface area contributed by atoms with Gasteiger partial charge in [0.25, 0.3) is 0 Å². The molecule has 0 amide bonds. The number of benzene rings is 1. The Kier molecular flexibility index (Phi) is 3.77. The Morgan fingerprint density at radius 2 is 1.86 bits per heavy atom. The van der Waals surface area contributed by atoms with E-state index in [1.54, 1.807) is 0 Å². The summed E-state index contributed by atoms with van der Waals surface area (Å²) in [6.45, 7) is 8.96. The summed E-state index contributed by atoms with van der Waals surface area (Å²) in [7, 11) is 0. The minimum Gasteiger partial charge on any atom is -0.0924 e. The lowest BCUT2D eigenvalue weighted by molar-refractivity contribution is 0.589. The molecule has 1 heteroatoms. The highest BCUT2D eigenvalue weighted by molar-refractivity contribution is 9.09. The van der Waals surface area contributed by atoms with Crippen LogP contribution in [0.15, 0.2) is 18.2 Å². The second-order valence-corrected chi connectivity index (χ2v) is 5.62. The molecule has 0 saturated carbocycles. The van der Waals surface area contributed by atoms with Crippen LogP contribution in [-0.2, 0) is 11.8 Å². The molecule has 1 aromatic rings. The molecular weight excluding hydrogens is 236 g/mol. The molecule has 0 radical (unpaired) electrons. The minimum atomic E-state index is 0.259. The van der Waals surface area contributed by atoms with Crippen molar-refractivity contribution >= 4 is 15.9 Å². The Balaban J connectivity index is 3.06. The number of alkyl halides is 1. The van der Waals surface area contributed by atoms with Crippen LogP contribution in [0.4, 0.5) is 0 Å². The molecule has 0 spiro atoms. The maximum Gasteiger partial charge on any atom is 0.00719 e. The summed E-state index contributed by atoms with van der Waals surface area (Å²) in [4.78, 5) is 0. The molecule has 0 heterocycles. The Morgan fingerprint density at radius 3 is 2.36 bits per heavy atom. The smallest absolute Gasteiger partial charge is 0.00719 e. The zero-order valence-electron chi connectivity index (χ0n) is 9.52. The van der Waals surface area contributed by atoms with E-state index in [1.165, 1.54) is 16.7 Å². The van der Waals surface area contributed by atoms with Crippen LogP contribution in [0.25, 0.3) is 0 Å². The molecule has 1 aromatic carbocycles. The van der Waals surface area contributed by atoms with E-state index in [1.807, 2.05) is 0 Å². The van der Waals surface area contributed by atoms with Crippen LogP contribution in [0.3, 0.4) is 0 Å². The van der Waals surface area contributed by atoms with Crippen molar-refractivity contribution in [3.63, 3.8) is 0 Å². The van der Waals surface area contributed by atoms with Crippen LogP contribution < -0.4 is 0 Å². The number of rotatable bonds is 2. The quantitative estimate of drug-likeness (QED) is 0.694. The number of aryl methyl sites for hydroxylation is 2. The summed E-state index contributed by atoms with van der Waals surface area (Å²) < 4.78 is 0. The van der Waals surface area contributed by atoms with Crippen molar-refractivity contribution in [3.05, 3.63) is 34.9 Å². The van der Waals surface area contributed by atoms with Gasteiger partial charge in [0.05, 0.1) is 0 Å². The van der Waals surface area contributed by atoms with Crippen molar-refractivity contribution in [2.24, 2.45) is 0 Å². The maximum absolute atomic E-state index is 3.50. The van der Waals surface area contributed by atoms with Crippen molar-refractivity contribution in [1.29, 1.82) is 0 Å². The molecule has 0 fully saturated rings. The molecule has 0 aliphatic carbocycles. The van der Waals surface area contributed by atoms with E-state index in [0.717, 1.165) is 11.8 Å². The standard InChI is InChI=1S/C13H19Br/c1-10-5-6-12(13(2,3)4)9-11(10)7-8-14/h5-6,9H,7-8H2,1-4H3. The fourth-order valence-corrected chi connectivity index (χ4v) is 1.94. The summed E-state index contributed by atoms with van der Waals surface area (Å²) in [5, 5.41) is 1.04. The Morgan fingerprint density at radius 1 is 1.21 bits per heavy atom. The number of halogens is 1. The van der Waals surface area contributed by atoms with Gasteiger partial charge in [0.1, 0.15) is 0 Å². The third-order valence-corrected chi connectivity index (χ3v) is 2.98. The van der Waals surface area contributed by atoms with E-state index in [2.05, 4.69) is 61.8 Å². The summed E-state index contributed by atoms with van der Waals surface area (Å²) >= 11 is 3.50. The molecule has 14 heavy (non-hydrogen) atoms. The van der Waals surface area contributed by atoms with E-state index < -0.39 is 0 Å². The van der Waals surface area contributed by atoms with E-state index in [-0.39, 0.29) is 5.41 Å². The summed E-state index contributed by atoms with van der Waals surface area (Å²) in [5.74, 6) is 0. The SMILES string of the molecule is Cc1ccc(C(C)(C)C)cc1CCBr. The zero-order chi connectivity index (χ0) is 10.8. The van der Waals surface area contributed by atoms with Gasteiger partial charge in [-0.05, 0) is 35.4 Å². The molecule has 0 N–H and O–H groups in total. The summed E-state index contributed by atoms with van der Waals surface area (Å²) in [5.41, 5.74) is 4.56. The highest BCUT2D eigenvalue weighted by atomic mass is 79.9. The molecule has 0 saturated heterocycles. The van der Waals surface area contributed by atoms with Gasteiger partial charge < -0.3 is 0 Å². The van der Waals surface area contributed by atoms with Crippen LogP contribution in [0.2, 0.25) is 0 Å². The molecule has 0 bridgehead atoms. The summed E-state index contributed by atoms with van der Waals surface area (Å²) in [6, 6.07) is 6.82. The van der Waals surface area contributed by atoms with E-state index >= 15 is 0 Å². The lowest BCUT2D eigenvalue weighted by Gasteiger charge is -2.20. The first-order valence-electron chi connectivity index (χ1n) is 5.11. The van der Waals surface area contributed by atoms with Gasteiger partial charge in [-0.1, -0.05) is 54.9 Å². The first-order chi connectivity index (χ1) is 6.45. The second kappa shape index (κ2) is 4.48. The fraction of sp³-hybridized carbons (Fsp3) is 0.538. The van der Waals surface area contributed by atoms with Crippen LogP contribution in [0, 0.1) is 6.92 Å². The molecule has 0 aliphatic rings. The molecule has 0 nitrogen and oxygen atoms in total. The summed E-state index contributed by atoms with van der Waals surface area (Å²) in [6.07, 6.45) is 1.12. The van der Waals surface area contributed by atoms with E-state index in [9.17, 15) is 0 Å². The van der Waals surface area contributed by atoms with Gasteiger partial charge >= 0.3 is 0 Å². The van der Waals surface area contributed by atoms with Crippen molar-refractivity contribution in [3.8, 4) is 0 Å². The Labute approximate surface area is 95.9 Å². The van der Waals surface area contributed by atoms with Gasteiger partial charge in [0.15, 0.2) is 0 Å². The molecule has 0 unspecified atom stereocenters. The minimum absolute atomic E-state index is 0.259. The Hall–Kier alpha value is -0.300. The van der Waals surface area contributed by atoms with Gasteiger partial charge in [0, 0.05) is 5.33 Å². The third-order valence-electron chi connectivity index (χ3n) is 2.58. The first-order valence-corrected chi connectivity index (χ1v) is 6.23. The molecule has 1 rings (SSSR count). The zero-order valence-corrected chi connectivity index (χ0v) is 11.1. The van der Waals surface area contributed by atoms with Gasteiger partial charge in [0.2, 0.25) is 0 Å². The second-order valence-electron chi connectivity index (χ2n) is 4.83. The molecular formula is C13H19Br. The van der Waals surface area contributed by atoms with Gasteiger partial charge in [-0.25, -0.2) is 0 Å². The average Bonchev–Trinajstić information content (AvgIpc) is 2.07. The lowest BCUT2D eigenvalue weighted by Crippen LogP contribution is -2.11. The van der Waals surface area contributed by atoms with Crippen LogP contribution >= 0.6 is 15.9 Å². The van der Waals surface area contributed by atoms with Gasteiger partial charge in [-0.15, -0.1) is 0 Å². The van der Waals surface area contributed by atoms with Crippen molar-refractivity contribution in [2.45, 2.75) is 39.5 Å². The van der Waals surface area contributed by atoms with E-state index in [0.29, 0.717) is 0 Å². The number of hydrogen-bond acceptors (Lipinski definition) is 0. The fourth-order valence-electron chi connectivity index (χ4n) is 1.51. The largest absolute Gasteiger partial charge is 0.0924 e. The van der Waals surface area contributed by atoms with Gasteiger partial charge in [-0.2, -0.15) is 0 Å². The average molecular weight is 255 g/mol. The van der Waals surface area contributed by atoms with Crippen molar-refractivity contribution < 1.29 is 0 Å². The predicted molar refractivity (Wildman–Crippen MR) is 67.4 cm³/mol. The predicted octanol–water partition coefficient (Wildman–Crippen LogP) is 4.23. The molecule has 78 valence electrons. The van der Waals surface area contributed by atoms with E-state index in [4.69, 9.17) is 0 Å². The maximum atomic E-state index is 3.50. The van der Waals surface area contributed by atoms with Gasteiger partial charge in [-0.3, -0.25) is 0 Å². The molecule has 0 aromatic heterocycles. The van der Waals surface area contributed by atoms with Crippen LogP contribution in [0.5, 0.6) is 0 Å². The highest BCUT2D eigenvalue weighted by Gasteiger charge is 2.14. The topological polar surface area (TPSA) is 0 Å². The lowest BCUT2D eigenvalue weighted by atomic mass is 9.85. The third kappa shape index (κ3) is 2.84. The normalized spacial score (nSPS) is 11.8.